The zero-order chi connectivity index (χ0) is 32.1. The van der Waals surface area contributed by atoms with Gasteiger partial charge in [-0.1, -0.05) is 98.4 Å². The molecule has 0 saturated heterocycles. The Kier molecular flexibility index (Phi) is 5.93. The van der Waals surface area contributed by atoms with Gasteiger partial charge in [0.15, 0.2) is 0 Å². The smallest absolute Gasteiger partial charge is 0.145 e. The SMILES string of the molecule is Cc1cc2c(cc1Oc1cc(C3=N[C@@H]4Cc5ccccc5[C@@H]4S3)cc(-c3ccccc3)c1)-n1c3ncccc3c3cccc(c31)C2(C)C. The minimum atomic E-state index is -0.183. The molecule has 2 aliphatic heterocycles. The fraction of sp³-hybridized carbons (Fsp3) is 0.163. The summed E-state index contributed by atoms with van der Waals surface area (Å²) in [5.74, 6) is 1.66. The summed E-state index contributed by atoms with van der Waals surface area (Å²) in [4.78, 5) is 10.2. The van der Waals surface area contributed by atoms with E-state index >= 15 is 0 Å². The van der Waals surface area contributed by atoms with Gasteiger partial charge in [-0.25, -0.2) is 4.98 Å². The Balaban J connectivity index is 1.10. The normalized spacial score (nSPS) is 18.4. The second kappa shape index (κ2) is 10.2. The molecule has 0 spiro atoms. The number of para-hydroxylation sites is 1. The van der Waals surface area contributed by atoms with Gasteiger partial charge in [-0.15, -0.1) is 0 Å². The summed E-state index contributed by atoms with van der Waals surface area (Å²) in [6.07, 6.45) is 2.89. The van der Waals surface area contributed by atoms with Gasteiger partial charge >= 0.3 is 0 Å². The van der Waals surface area contributed by atoms with Crippen LogP contribution in [-0.2, 0) is 11.8 Å². The molecule has 4 heterocycles. The van der Waals surface area contributed by atoms with Crippen molar-refractivity contribution in [3.63, 3.8) is 0 Å². The van der Waals surface area contributed by atoms with Crippen molar-refractivity contribution in [2.24, 2.45) is 4.99 Å². The molecular weight excluding hydrogens is 607 g/mol. The van der Waals surface area contributed by atoms with Crippen molar-refractivity contribution in [3.05, 3.63) is 155 Å². The van der Waals surface area contributed by atoms with Gasteiger partial charge in [-0.2, -0.15) is 0 Å². The Labute approximate surface area is 284 Å². The topological polar surface area (TPSA) is 39.4 Å². The summed E-state index contributed by atoms with van der Waals surface area (Å²) in [7, 11) is 0. The van der Waals surface area contributed by atoms with Crippen LogP contribution in [0.4, 0.5) is 0 Å². The van der Waals surface area contributed by atoms with E-state index in [1.165, 1.54) is 38.5 Å². The number of rotatable bonds is 4. The molecule has 0 bridgehead atoms. The predicted molar refractivity (Wildman–Crippen MR) is 198 cm³/mol. The molecule has 0 saturated carbocycles. The molecule has 232 valence electrons. The second-order valence-corrected chi connectivity index (χ2v) is 15.0. The summed E-state index contributed by atoms with van der Waals surface area (Å²) >= 11 is 1.89. The third-order valence-electron chi connectivity index (χ3n) is 10.6. The highest BCUT2D eigenvalue weighted by atomic mass is 32.2. The van der Waals surface area contributed by atoms with Gasteiger partial charge in [0, 0.05) is 34.0 Å². The van der Waals surface area contributed by atoms with Crippen LogP contribution in [-0.4, -0.2) is 20.6 Å². The van der Waals surface area contributed by atoms with E-state index in [9.17, 15) is 0 Å². The van der Waals surface area contributed by atoms with Gasteiger partial charge in [0.05, 0.1) is 27.5 Å². The van der Waals surface area contributed by atoms with Gasteiger partial charge in [-0.3, -0.25) is 9.56 Å². The molecule has 1 aliphatic carbocycles. The molecule has 0 fully saturated rings. The number of pyridine rings is 1. The number of aryl methyl sites for hydroxylation is 1. The summed E-state index contributed by atoms with van der Waals surface area (Å²) < 4.78 is 9.28. The number of aliphatic imine (C=N–C) groups is 1. The second-order valence-electron chi connectivity index (χ2n) is 13.8. The zero-order valence-corrected chi connectivity index (χ0v) is 27.9. The van der Waals surface area contributed by atoms with E-state index in [2.05, 4.69) is 135 Å². The van der Waals surface area contributed by atoms with Crippen LogP contribution < -0.4 is 4.74 Å². The van der Waals surface area contributed by atoms with Crippen LogP contribution in [0.1, 0.15) is 52.5 Å². The van der Waals surface area contributed by atoms with Crippen molar-refractivity contribution in [2.75, 3.05) is 0 Å². The fourth-order valence-electron chi connectivity index (χ4n) is 8.19. The number of thioether (sulfide) groups is 1. The average molecular weight is 640 g/mol. The van der Waals surface area contributed by atoms with Crippen LogP contribution in [0.15, 0.2) is 126 Å². The lowest BCUT2D eigenvalue weighted by molar-refractivity contribution is 0.477. The highest BCUT2D eigenvalue weighted by Gasteiger charge is 2.39. The largest absolute Gasteiger partial charge is 0.457 e. The van der Waals surface area contributed by atoms with Crippen LogP contribution >= 0.6 is 11.8 Å². The molecular formula is C43H33N3OS. The van der Waals surface area contributed by atoms with Crippen molar-refractivity contribution in [1.82, 2.24) is 9.55 Å². The lowest BCUT2D eigenvalue weighted by Crippen LogP contribution is -2.26. The highest BCUT2D eigenvalue weighted by Crippen LogP contribution is 2.51. The number of ether oxygens (including phenoxy) is 1. The molecule has 0 amide bonds. The van der Waals surface area contributed by atoms with Crippen LogP contribution in [0.25, 0.3) is 38.8 Å². The number of aromatic nitrogens is 2. The third kappa shape index (κ3) is 4.04. The van der Waals surface area contributed by atoms with Gasteiger partial charge in [0.1, 0.15) is 17.1 Å². The van der Waals surface area contributed by atoms with Crippen molar-refractivity contribution in [2.45, 2.75) is 43.9 Å². The minimum absolute atomic E-state index is 0.183. The van der Waals surface area contributed by atoms with Gasteiger partial charge in [-0.05, 0) is 88.7 Å². The van der Waals surface area contributed by atoms with Crippen LogP contribution in [0.5, 0.6) is 11.5 Å². The van der Waals surface area contributed by atoms with Crippen molar-refractivity contribution in [1.29, 1.82) is 0 Å². The summed E-state index contributed by atoms with van der Waals surface area (Å²) in [5.41, 5.74) is 13.1. The molecule has 3 aliphatic rings. The lowest BCUT2D eigenvalue weighted by atomic mass is 9.74. The van der Waals surface area contributed by atoms with E-state index < -0.39 is 0 Å². The number of hydrogen-bond donors (Lipinski definition) is 0. The van der Waals surface area contributed by atoms with Gasteiger partial charge < -0.3 is 4.74 Å². The summed E-state index contributed by atoms with van der Waals surface area (Å²) in [5, 5.41) is 3.87. The minimum Gasteiger partial charge on any atom is -0.457 e. The highest BCUT2D eigenvalue weighted by molar-refractivity contribution is 8.15. The molecule has 48 heavy (non-hydrogen) atoms. The molecule has 5 aromatic carbocycles. The summed E-state index contributed by atoms with van der Waals surface area (Å²) in [6, 6.07) is 41.7. The molecule has 0 N–H and O–H groups in total. The first-order valence-electron chi connectivity index (χ1n) is 16.7. The lowest BCUT2D eigenvalue weighted by Gasteiger charge is -2.35. The van der Waals surface area contributed by atoms with Crippen molar-refractivity contribution < 1.29 is 4.74 Å². The molecule has 0 unspecified atom stereocenters. The Morgan fingerprint density at radius 1 is 0.771 bits per heavy atom. The average Bonchev–Trinajstić information content (AvgIpc) is 3.78. The molecule has 10 rings (SSSR count). The number of fused-ring (bicyclic) bond motifs is 8. The Morgan fingerprint density at radius 2 is 1.58 bits per heavy atom. The van der Waals surface area contributed by atoms with Crippen molar-refractivity contribution in [3.8, 4) is 28.3 Å². The monoisotopic (exact) mass is 639 g/mol. The molecule has 2 aromatic heterocycles. The number of hydrogen-bond acceptors (Lipinski definition) is 4. The maximum Gasteiger partial charge on any atom is 0.145 e. The standard InChI is InChI=1S/C43H33N3OS/c1-25-19-35-37(46-39-32(33-16-10-18-44-41(33)46)15-9-17-34(39)43(35,2)3)24-38(25)47-30-21-28(26-11-5-4-6-12-26)20-29(22-30)42-45-36-23-27-13-7-8-14-31(27)40(36)48-42/h4-22,24,36,40H,23H2,1-3H3/t36-,40+/m1/s1. The Hall–Kier alpha value is -5.13. The molecule has 4 nitrogen and oxygen atoms in total. The van der Waals surface area contributed by atoms with E-state index in [1.54, 1.807) is 0 Å². The Bertz CT molecular complexity index is 2490. The van der Waals surface area contributed by atoms with E-state index in [0.29, 0.717) is 5.25 Å². The number of benzene rings is 5. The zero-order valence-electron chi connectivity index (χ0n) is 27.1. The van der Waals surface area contributed by atoms with E-state index in [1.807, 2.05) is 24.0 Å². The maximum atomic E-state index is 6.93. The quantitative estimate of drug-likeness (QED) is 0.192. The van der Waals surface area contributed by atoms with Crippen molar-refractivity contribution >= 4 is 38.7 Å². The first-order chi connectivity index (χ1) is 23.4. The van der Waals surface area contributed by atoms with Gasteiger partial charge in [0.2, 0.25) is 0 Å². The van der Waals surface area contributed by atoms with E-state index in [-0.39, 0.29) is 11.5 Å². The molecule has 7 aromatic rings. The number of nitrogens with zero attached hydrogens (tertiary/aromatic N) is 3. The maximum absolute atomic E-state index is 6.93. The summed E-state index contributed by atoms with van der Waals surface area (Å²) in [6.45, 7) is 6.82. The first kappa shape index (κ1) is 27.9. The third-order valence-corrected chi connectivity index (χ3v) is 12.0. The molecule has 5 heteroatoms. The van der Waals surface area contributed by atoms with E-state index in [4.69, 9.17) is 14.7 Å². The predicted octanol–water partition coefficient (Wildman–Crippen LogP) is 10.7. The first-order valence-corrected chi connectivity index (χ1v) is 17.6. The van der Waals surface area contributed by atoms with Crippen LogP contribution in [0.2, 0.25) is 0 Å². The molecule has 0 radical (unpaired) electrons. The van der Waals surface area contributed by atoms with Gasteiger partial charge in [0.25, 0.3) is 0 Å². The molecule has 2 atom stereocenters. The van der Waals surface area contributed by atoms with Crippen LogP contribution in [0.3, 0.4) is 0 Å². The fourth-order valence-corrected chi connectivity index (χ4v) is 9.55. The van der Waals surface area contributed by atoms with Crippen LogP contribution in [0, 0.1) is 6.92 Å². The Morgan fingerprint density at radius 3 is 2.48 bits per heavy atom. The van der Waals surface area contributed by atoms with E-state index in [0.717, 1.165) is 56.6 Å².